The number of amides is 1. The molecule has 0 aliphatic rings. The van der Waals surface area contributed by atoms with Crippen LogP contribution < -0.4 is 4.46 Å². The summed E-state index contributed by atoms with van der Waals surface area (Å²) in [6, 6.07) is 10.2. The summed E-state index contributed by atoms with van der Waals surface area (Å²) in [5.41, 5.74) is 0. The van der Waals surface area contributed by atoms with E-state index in [1.165, 1.54) is 4.46 Å². The molecule has 1 amide bonds. The van der Waals surface area contributed by atoms with Gasteiger partial charge < -0.3 is 0 Å². The fourth-order valence-corrected chi connectivity index (χ4v) is 3.29. The minimum absolute atomic E-state index is 0.125. The van der Waals surface area contributed by atoms with Crippen LogP contribution in [0.15, 0.2) is 30.3 Å². The first-order chi connectivity index (χ1) is 6.61. The van der Waals surface area contributed by atoms with Crippen LogP contribution in [0.4, 0.5) is 0 Å². The van der Waals surface area contributed by atoms with Gasteiger partial charge in [-0.15, -0.1) is 0 Å². The zero-order valence-electron chi connectivity index (χ0n) is 8.73. The average Bonchev–Trinajstić information content (AvgIpc) is 2.18. The maximum absolute atomic E-state index is 11.6. The fourth-order valence-electron chi connectivity index (χ4n) is 1.12. The topological polar surface area (TPSA) is 20.3 Å². The van der Waals surface area contributed by atoms with Gasteiger partial charge in [-0.1, -0.05) is 0 Å². The molecule has 0 aromatic heterocycles. The summed E-state index contributed by atoms with van der Waals surface area (Å²) in [4.78, 5) is 13.4. The Balaban J connectivity index is 2.57. The van der Waals surface area contributed by atoms with E-state index < -0.39 is 0 Å². The van der Waals surface area contributed by atoms with Gasteiger partial charge >= 0.3 is 91.2 Å². The molecule has 2 nitrogen and oxygen atoms in total. The van der Waals surface area contributed by atoms with Crippen LogP contribution in [0.3, 0.4) is 0 Å². The molecule has 0 spiro atoms. The molecule has 1 aromatic carbocycles. The molecule has 0 aliphatic carbocycles. The number of hydrogen-bond acceptors (Lipinski definition) is 1. The van der Waals surface area contributed by atoms with Crippen LogP contribution in [0.5, 0.6) is 0 Å². The summed E-state index contributed by atoms with van der Waals surface area (Å²) in [5.74, 6) is 0.217. The third kappa shape index (κ3) is 3.17. The molecule has 1 atom stereocenters. The molecule has 0 radical (unpaired) electrons. The predicted octanol–water partition coefficient (Wildman–Crippen LogP) is 0.913. The van der Waals surface area contributed by atoms with E-state index in [9.17, 15) is 4.79 Å². The van der Waals surface area contributed by atoms with E-state index in [0.29, 0.717) is 0 Å². The summed E-state index contributed by atoms with van der Waals surface area (Å²) in [6.07, 6.45) is 0. The van der Waals surface area contributed by atoms with Gasteiger partial charge in [0.15, 0.2) is 0 Å². The number of rotatable bonds is 3. The first kappa shape index (κ1) is 11.3. The van der Waals surface area contributed by atoms with Crippen molar-refractivity contribution in [2.24, 2.45) is 0 Å². The van der Waals surface area contributed by atoms with E-state index in [1.54, 1.807) is 19.0 Å². The molecule has 3 heteroatoms. The van der Waals surface area contributed by atoms with Crippen LogP contribution in [0.2, 0.25) is 4.82 Å². The Hall–Kier alpha value is -0.791. The second-order valence-corrected chi connectivity index (χ2v) is 6.27. The van der Waals surface area contributed by atoms with Gasteiger partial charge in [-0.25, -0.2) is 0 Å². The van der Waals surface area contributed by atoms with Gasteiger partial charge in [-0.05, 0) is 0 Å². The Labute approximate surface area is 91.5 Å². The second-order valence-electron chi connectivity index (χ2n) is 3.31. The molecular weight excluding hydrogens is 241 g/mol. The average molecular weight is 256 g/mol. The second kappa shape index (κ2) is 5.18. The van der Waals surface area contributed by atoms with Crippen molar-refractivity contribution in [3.63, 3.8) is 0 Å². The van der Waals surface area contributed by atoms with E-state index >= 15 is 0 Å². The maximum atomic E-state index is 11.6. The molecule has 0 aliphatic heterocycles. The van der Waals surface area contributed by atoms with Crippen LogP contribution in [0, 0.1) is 0 Å². The molecule has 14 heavy (non-hydrogen) atoms. The van der Waals surface area contributed by atoms with Gasteiger partial charge in [0.2, 0.25) is 0 Å². The van der Waals surface area contributed by atoms with Gasteiger partial charge in [-0.3, -0.25) is 0 Å². The van der Waals surface area contributed by atoms with Gasteiger partial charge in [0.05, 0.1) is 0 Å². The molecule has 0 bridgehead atoms. The predicted molar refractivity (Wildman–Crippen MR) is 59.9 cm³/mol. The quantitative estimate of drug-likeness (QED) is 0.736. The van der Waals surface area contributed by atoms with Gasteiger partial charge in [0, 0.05) is 0 Å². The molecule has 76 valence electrons. The monoisotopic (exact) mass is 257 g/mol. The van der Waals surface area contributed by atoms with Crippen molar-refractivity contribution in [1.82, 2.24) is 4.90 Å². The number of carbonyl (C=O) groups excluding carboxylic acids is 1. The summed E-state index contributed by atoms with van der Waals surface area (Å²) in [7, 11) is 3.61. The zero-order chi connectivity index (χ0) is 10.6. The van der Waals surface area contributed by atoms with Gasteiger partial charge in [-0.2, -0.15) is 0 Å². The van der Waals surface area contributed by atoms with Crippen molar-refractivity contribution in [2.45, 2.75) is 11.7 Å². The summed E-state index contributed by atoms with van der Waals surface area (Å²) >= 11 is 0.239. The molecular formula is C11H15NOSe. The van der Waals surface area contributed by atoms with Crippen molar-refractivity contribution < 1.29 is 4.79 Å². The first-order valence-corrected chi connectivity index (χ1v) is 6.38. The van der Waals surface area contributed by atoms with E-state index in [-0.39, 0.29) is 25.7 Å². The Bertz CT molecular complexity index is 297. The standard InChI is InChI=1S/C11H15NOSe/c1-9(11(13)12(2)3)14-10-7-5-4-6-8-10/h4-9H,1-3H3. The van der Waals surface area contributed by atoms with Crippen molar-refractivity contribution >= 4 is 25.3 Å². The molecule has 1 unspecified atom stereocenters. The molecule has 0 N–H and O–H groups in total. The molecule has 0 fully saturated rings. The SMILES string of the molecule is CC([Se]c1ccccc1)C(=O)N(C)C. The molecule has 0 saturated heterocycles. The molecule has 1 aromatic rings. The Morgan fingerprint density at radius 1 is 1.29 bits per heavy atom. The van der Waals surface area contributed by atoms with Crippen LogP contribution in [0.25, 0.3) is 0 Å². The number of hydrogen-bond donors (Lipinski definition) is 0. The number of carbonyl (C=O) groups is 1. The van der Waals surface area contributed by atoms with Crippen LogP contribution in [-0.4, -0.2) is 39.9 Å². The van der Waals surface area contributed by atoms with E-state index in [2.05, 4.69) is 12.1 Å². The Morgan fingerprint density at radius 2 is 1.86 bits per heavy atom. The summed E-state index contributed by atoms with van der Waals surface area (Å²) in [5, 5.41) is 0. The van der Waals surface area contributed by atoms with Crippen molar-refractivity contribution in [3.8, 4) is 0 Å². The third-order valence-electron chi connectivity index (χ3n) is 1.84. The Morgan fingerprint density at radius 3 is 2.36 bits per heavy atom. The summed E-state index contributed by atoms with van der Waals surface area (Å²) in [6.45, 7) is 2.00. The fraction of sp³-hybridized carbons (Fsp3) is 0.364. The third-order valence-corrected chi connectivity index (χ3v) is 4.15. The van der Waals surface area contributed by atoms with Crippen LogP contribution in [-0.2, 0) is 4.79 Å². The number of benzene rings is 1. The van der Waals surface area contributed by atoms with Crippen LogP contribution in [0.1, 0.15) is 6.92 Å². The normalized spacial score (nSPS) is 12.2. The van der Waals surface area contributed by atoms with Crippen LogP contribution >= 0.6 is 0 Å². The zero-order valence-corrected chi connectivity index (χ0v) is 10.4. The van der Waals surface area contributed by atoms with Crippen molar-refractivity contribution in [1.29, 1.82) is 0 Å². The Kier molecular flexibility index (Phi) is 4.18. The number of nitrogens with zero attached hydrogens (tertiary/aromatic N) is 1. The molecule has 0 saturated carbocycles. The molecule has 1 rings (SSSR count). The minimum atomic E-state index is 0.125. The van der Waals surface area contributed by atoms with E-state index in [0.717, 1.165) is 0 Å². The van der Waals surface area contributed by atoms with E-state index in [4.69, 9.17) is 0 Å². The van der Waals surface area contributed by atoms with Crippen molar-refractivity contribution in [2.75, 3.05) is 14.1 Å². The summed E-state index contributed by atoms with van der Waals surface area (Å²) < 4.78 is 1.28. The first-order valence-electron chi connectivity index (χ1n) is 4.54. The molecule has 0 heterocycles. The van der Waals surface area contributed by atoms with Crippen molar-refractivity contribution in [3.05, 3.63) is 30.3 Å². The van der Waals surface area contributed by atoms with Gasteiger partial charge in [0.1, 0.15) is 0 Å². The van der Waals surface area contributed by atoms with E-state index in [1.807, 2.05) is 25.1 Å². The van der Waals surface area contributed by atoms with Gasteiger partial charge in [0.25, 0.3) is 0 Å².